The van der Waals surface area contributed by atoms with Crippen LogP contribution in [0.2, 0.25) is 0 Å². The Morgan fingerprint density at radius 1 is 0.944 bits per heavy atom. The highest BCUT2D eigenvalue weighted by atomic mass is 15.3. The van der Waals surface area contributed by atoms with Crippen LogP contribution in [0.15, 0.2) is 0 Å². The zero-order valence-electron chi connectivity index (χ0n) is 12.1. The summed E-state index contributed by atoms with van der Waals surface area (Å²) in [6.45, 7) is 12.6. The van der Waals surface area contributed by atoms with E-state index in [1.807, 2.05) is 0 Å². The minimum Gasteiger partial charge on any atom is -0.314 e. The van der Waals surface area contributed by atoms with Crippen LogP contribution < -0.4 is 5.32 Å². The molecule has 0 aromatic heterocycles. The van der Waals surface area contributed by atoms with Gasteiger partial charge >= 0.3 is 0 Å². The second-order valence-corrected chi connectivity index (χ2v) is 7.13. The third-order valence-corrected chi connectivity index (χ3v) is 5.52. The first kappa shape index (κ1) is 12.9. The van der Waals surface area contributed by atoms with Gasteiger partial charge in [0, 0.05) is 51.4 Å². The van der Waals surface area contributed by atoms with Crippen molar-refractivity contribution in [2.75, 3.05) is 39.3 Å². The molecule has 0 radical (unpaired) electrons. The number of nitrogens with zero attached hydrogens (tertiary/aromatic N) is 2. The zero-order valence-corrected chi connectivity index (χ0v) is 12.1. The predicted octanol–water partition coefficient (Wildman–Crippen LogP) is 1.54. The van der Waals surface area contributed by atoms with E-state index in [4.69, 9.17) is 0 Å². The molecule has 0 aromatic carbocycles. The standard InChI is InChI=1S/C15H29N3/c1-15(2)6-4-3-5-14(15)18-9-7-17(8-10-18)13-11-16-12-13/h13-14,16H,3-12H2,1-2H3. The first-order valence-electron chi connectivity index (χ1n) is 7.86. The van der Waals surface area contributed by atoms with Crippen molar-refractivity contribution in [2.45, 2.75) is 51.6 Å². The molecule has 0 amide bonds. The molecule has 1 aliphatic carbocycles. The van der Waals surface area contributed by atoms with Crippen molar-refractivity contribution in [3.05, 3.63) is 0 Å². The molecule has 3 nitrogen and oxygen atoms in total. The van der Waals surface area contributed by atoms with E-state index in [-0.39, 0.29) is 0 Å². The molecule has 1 N–H and O–H groups in total. The smallest absolute Gasteiger partial charge is 0.0346 e. The maximum atomic E-state index is 3.39. The molecule has 3 heteroatoms. The van der Waals surface area contributed by atoms with E-state index < -0.39 is 0 Å². The fourth-order valence-corrected chi connectivity index (χ4v) is 4.10. The Hall–Kier alpha value is -0.120. The average Bonchev–Trinajstić information content (AvgIpc) is 2.28. The van der Waals surface area contributed by atoms with Crippen molar-refractivity contribution in [3.8, 4) is 0 Å². The third-order valence-electron chi connectivity index (χ3n) is 5.52. The monoisotopic (exact) mass is 251 g/mol. The van der Waals surface area contributed by atoms with E-state index in [2.05, 4.69) is 29.0 Å². The Kier molecular flexibility index (Phi) is 3.65. The van der Waals surface area contributed by atoms with Gasteiger partial charge in [0.2, 0.25) is 0 Å². The number of hydrogen-bond donors (Lipinski definition) is 1. The topological polar surface area (TPSA) is 18.5 Å². The van der Waals surface area contributed by atoms with E-state index in [1.54, 1.807) is 0 Å². The normalized spacial score (nSPS) is 35.3. The van der Waals surface area contributed by atoms with E-state index in [1.165, 1.54) is 65.0 Å². The molecule has 1 unspecified atom stereocenters. The van der Waals surface area contributed by atoms with Gasteiger partial charge in [0.05, 0.1) is 0 Å². The van der Waals surface area contributed by atoms with Crippen LogP contribution in [0, 0.1) is 5.41 Å². The Labute approximate surface area is 112 Å². The van der Waals surface area contributed by atoms with Gasteiger partial charge in [-0.2, -0.15) is 0 Å². The van der Waals surface area contributed by atoms with Gasteiger partial charge in [-0.05, 0) is 18.3 Å². The van der Waals surface area contributed by atoms with Crippen molar-refractivity contribution >= 4 is 0 Å². The van der Waals surface area contributed by atoms with E-state index in [0.717, 1.165) is 12.1 Å². The molecule has 3 rings (SSSR count). The first-order valence-corrected chi connectivity index (χ1v) is 7.86. The van der Waals surface area contributed by atoms with E-state index in [9.17, 15) is 0 Å². The molecule has 0 bridgehead atoms. The summed E-state index contributed by atoms with van der Waals surface area (Å²) in [4.78, 5) is 5.49. The quantitative estimate of drug-likeness (QED) is 0.803. The molecule has 104 valence electrons. The van der Waals surface area contributed by atoms with Crippen molar-refractivity contribution in [2.24, 2.45) is 5.41 Å². The number of piperazine rings is 1. The van der Waals surface area contributed by atoms with Crippen molar-refractivity contribution in [1.29, 1.82) is 0 Å². The van der Waals surface area contributed by atoms with Gasteiger partial charge in [0.25, 0.3) is 0 Å². The second kappa shape index (κ2) is 5.10. The molecule has 1 saturated carbocycles. The molecule has 3 fully saturated rings. The van der Waals surface area contributed by atoms with Gasteiger partial charge in [-0.15, -0.1) is 0 Å². The Balaban J connectivity index is 1.54. The minimum absolute atomic E-state index is 0.540. The van der Waals surface area contributed by atoms with Gasteiger partial charge < -0.3 is 5.32 Å². The lowest BCUT2D eigenvalue weighted by Crippen LogP contribution is -2.63. The lowest BCUT2D eigenvalue weighted by atomic mass is 9.72. The summed E-state index contributed by atoms with van der Waals surface area (Å²) < 4.78 is 0. The number of nitrogens with one attached hydrogen (secondary N) is 1. The first-order chi connectivity index (χ1) is 8.67. The Bertz CT molecular complexity index is 277. The Morgan fingerprint density at radius 2 is 1.61 bits per heavy atom. The van der Waals surface area contributed by atoms with Crippen LogP contribution in [0.1, 0.15) is 39.5 Å². The number of rotatable bonds is 2. The molecule has 3 aliphatic rings. The van der Waals surface area contributed by atoms with E-state index >= 15 is 0 Å². The van der Waals surface area contributed by atoms with Gasteiger partial charge in [-0.3, -0.25) is 9.80 Å². The SMILES string of the molecule is CC1(C)CCCCC1N1CCN(C2CNC2)CC1. The molecule has 0 spiro atoms. The van der Waals surface area contributed by atoms with Crippen LogP contribution in [-0.2, 0) is 0 Å². The molecule has 18 heavy (non-hydrogen) atoms. The fourth-order valence-electron chi connectivity index (χ4n) is 4.10. The Morgan fingerprint density at radius 3 is 2.17 bits per heavy atom. The summed E-state index contributed by atoms with van der Waals surface area (Å²) in [5.41, 5.74) is 0.540. The van der Waals surface area contributed by atoms with Crippen LogP contribution in [0.3, 0.4) is 0 Å². The van der Waals surface area contributed by atoms with Crippen LogP contribution in [0.25, 0.3) is 0 Å². The summed E-state index contributed by atoms with van der Waals surface area (Å²) in [6, 6.07) is 1.68. The van der Waals surface area contributed by atoms with Crippen LogP contribution in [-0.4, -0.2) is 61.2 Å². The molecular weight excluding hydrogens is 222 g/mol. The van der Waals surface area contributed by atoms with Gasteiger partial charge in [0.1, 0.15) is 0 Å². The highest BCUT2D eigenvalue weighted by Crippen LogP contribution is 2.38. The molecule has 2 heterocycles. The average molecular weight is 251 g/mol. The highest BCUT2D eigenvalue weighted by Gasteiger charge is 2.38. The van der Waals surface area contributed by atoms with Crippen molar-refractivity contribution in [3.63, 3.8) is 0 Å². The predicted molar refractivity (Wildman–Crippen MR) is 75.8 cm³/mol. The fraction of sp³-hybridized carbons (Fsp3) is 1.00. The van der Waals surface area contributed by atoms with Crippen LogP contribution in [0.5, 0.6) is 0 Å². The van der Waals surface area contributed by atoms with Gasteiger partial charge in [0.15, 0.2) is 0 Å². The summed E-state index contributed by atoms with van der Waals surface area (Å²) in [5.74, 6) is 0. The maximum absolute atomic E-state index is 3.39. The molecule has 0 aromatic rings. The lowest BCUT2D eigenvalue weighted by Gasteiger charge is -2.50. The van der Waals surface area contributed by atoms with Gasteiger partial charge in [-0.25, -0.2) is 0 Å². The van der Waals surface area contributed by atoms with E-state index in [0.29, 0.717) is 5.41 Å². The molecule has 1 atom stereocenters. The summed E-state index contributed by atoms with van der Waals surface area (Å²) >= 11 is 0. The van der Waals surface area contributed by atoms with Crippen molar-refractivity contribution < 1.29 is 0 Å². The second-order valence-electron chi connectivity index (χ2n) is 7.13. The molecule has 2 aliphatic heterocycles. The maximum Gasteiger partial charge on any atom is 0.0346 e. The zero-order chi connectivity index (χ0) is 12.6. The highest BCUT2D eigenvalue weighted by molar-refractivity contribution is 4.93. The number of hydrogen-bond acceptors (Lipinski definition) is 3. The van der Waals surface area contributed by atoms with Gasteiger partial charge in [-0.1, -0.05) is 26.7 Å². The molecular formula is C15H29N3. The lowest BCUT2D eigenvalue weighted by molar-refractivity contribution is -0.00305. The van der Waals surface area contributed by atoms with Crippen LogP contribution >= 0.6 is 0 Å². The van der Waals surface area contributed by atoms with Crippen molar-refractivity contribution in [1.82, 2.24) is 15.1 Å². The third kappa shape index (κ3) is 2.45. The van der Waals surface area contributed by atoms with Crippen LogP contribution in [0.4, 0.5) is 0 Å². The molecule has 2 saturated heterocycles. The summed E-state index contributed by atoms with van der Waals surface area (Å²) in [7, 11) is 0. The summed E-state index contributed by atoms with van der Waals surface area (Å²) in [6.07, 6.45) is 5.74. The largest absolute Gasteiger partial charge is 0.314 e. The summed E-state index contributed by atoms with van der Waals surface area (Å²) in [5, 5.41) is 3.39. The minimum atomic E-state index is 0.540.